The average Bonchev–Trinajstić information content (AvgIpc) is 2.92. The zero-order chi connectivity index (χ0) is 16.6. The molecule has 23 heavy (non-hydrogen) atoms. The Labute approximate surface area is 148 Å². The molecule has 0 spiro atoms. The number of anilines is 1. The van der Waals surface area contributed by atoms with Gasteiger partial charge >= 0.3 is 0 Å². The molecule has 3 rings (SSSR count). The van der Waals surface area contributed by atoms with Gasteiger partial charge in [0, 0.05) is 22.5 Å². The molecule has 0 bridgehead atoms. The molecular weight excluding hydrogens is 396 g/mol. The van der Waals surface area contributed by atoms with Crippen molar-refractivity contribution in [3.8, 4) is 21.8 Å². The number of hydrogen-bond acceptors (Lipinski definition) is 6. The predicted molar refractivity (Wildman–Crippen MR) is 97.8 cm³/mol. The van der Waals surface area contributed by atoms with Gasteiger partial charge in [-0.1, -0.05) is 33.3 Å². The summed E-state index contributed by atoms with van der Waals surface area (Å²) in [6.07, 6.45) is 3.16. The summed E-state index contributed by atoms with van der Waals surface area (Å²) >= 11 is 4.86. The fourth-order valence-electron chi connectivity index (χ4n) is 2.10. The standard InChI is InChI=1S/C15H13BrN4OS2/c1-8-7-9(3-4-10(8)16)12-13(22-14(17)20-12)11-5-6-18-15(19-11)23(2)21/h3-7H,1-2H3,(H2,17,20). The Balaban J connectivity index is 2.16. The molecule has 0 fully saturated rings. The number of nitrogens with two attached hydrogens (primary N) is 1. The fourth-order valence-corrected chi connectivity index (χ4v) is 3.61. The first-order valence-electron chi connectivity index (χ1n) is 6.65. The van der Waals surface area contributed by atoms with E-state index in [4.69, 9.17) is 5.73 Å². The van der Waals surface area contributed by atoms with Crippen LogP contribution >= 0.6 is 27.3 Å². The molecule has 2 heterocycles. The molecule has 0 aliphatic rings. The van der Waals surface area contributed by atoms with Crippen molar-refractivity contribution in [1.29, 1.82) is 0 Å². The number of aryl methyl sites for hydroxylation is 1. The van der Waals surface area contributed by atoms with E-state index in [0.717, 1.165) is 26.2 Å². The van der Waals surface area contributed by atoms with Crippen LogP contribution in [-0.4, -0.2) is 25.4 Å². The summed E-state index contributed by atoms with van der Waals surface area (Å²) < 4.78 is 12.7. The number of nitrogens with zero attached hydrogens (tertiary/aromatic N) is 3. The predicted octanol–water partition coefficient (Wildman–Crippen LogP) is 3.66. The molecular formula is C15H13BrN4OS2. The molecule has 2 aromatic heterocycles. The number of hydrogen-bond donors (Lipinski definition) is 1. The highest BCUT2D eigenvalue weighted by molar-refractivity contribution is 9.10. The van der Waals surface area contributed by atoms with Gasteiger partial charge in [-0.05, 0) is 30.7 Å². The Morgan fingerprint density at radius 3 is 2.74 bits per heavy atom. The van der Waals surface area contributed by atoms with E-state index in [0.29, 0.717) is 16.0 Å². The highest BCUT2D eigenvalue weighted by Gasteiger charge is 2.16. The second kappa shape index (κ2) is 6.46. The molecule has 1 aromatic carbocycles. The summed E-state index contributed by atoms with van der Waals surface area (Å²) in [5, 5.41) is 0.765. The average molecular weight is 409 g/mol. The molecule has 8 heteroatoms. The van der Waals surface area contributed by atoms with Crippen LogP contribution in [0, 0.1) is 6.92 Å². The second-order valence-corrected chi connectivity index (χ2v) is 8.03. The Morgan fingerprint density at radius 1 is 1.26 bits per heavy atom. The molecule has 1 atom stereocenters. The Hall–Kier alpha value is -1.64. The first kappa shape index (κ1) is 16.2. The van der Waals surface area contributed by atoms with E-state index in [-0.39, 0.29) is 0 Å². The zero-order valence-corrected chi connectivity index (χ0v) is 15.6. The lowest BCUT2D eigenvalue weighted by Crippen LogP contribution is -1.97. The van der Waals surface area contributed by atoms with E-state index in [9.17, 15) is 4.21 Å². The van der Waals surface area contributed by atoms with Gasteiger partial charge in [0.05, 0.1) is 27.1 Å². The van der Waals surface area contributed by atoms with Crippen LogP contribution in [0.5, 0.6) is 0 Å². The number of thiazole rings is 1. The van der Waals surface area contributed by atoms with Crippen molar-refractivity contribution in [2.75, 3.05) is 12.0 Å². The van der Waals surface area contributed by atoms with Gasteiger partial charge in [-0.15, -0.1) is 0 Å². The van der Waals surface area contributed by atoms with Crippen LogP contribution in [0.3, 0.4) is 0 Å². The highest BCUT2D eigenvalue weighted by Crippen LogP contribution is 2.38. The van der Waals surface area contributed by atoms with Crippen molar-refractivity contribution in [1.82, 2.24) is 15.0 Å². The van der Waals surface area contributed by atoms with Crippen LogP contribution in [-0.2, 0) is 10.8 Å². The molecule has 0 aliphatic carbocycles. The van der Waals surface area contributed by atoms with Gasteiger partial charge in [-0.25, -0.2) is 15.0 Å². The Kier molecular flexibility index (Phi) is 4.56. The van der Waals surface area contributed by atoms with Crippen LogP contribution in [0.25, 0.3) is 21.8 Å². The summed E-state index contributed by atoms with van der Waals surface area (Å²) in [4.78, 5) is 13.7. The largest absolute Gasteiger partial charge is 0.375 e. The molecule has 0 saturated carbocycles. The summed E-state index contributed by atoms with van der Waals surface area (Å²) in [5.74, 6) is 0. The smallest absolute Gasteiger partial charge is 0.218 e. The summed E-state index contributed by atoms with van der Waals surface area (Å²) in [7, 11) is -1.24. The van der Waals surface area contributed by atoms with Crippen molar-refractivity contribution in [3.05, 3.63) is 40.5 Å². The SMILES string of the molecule is Cc1cc(-c2nc(N)sc2-c2ccnc(S(C)=O)n2)ccc1Br. The maximum atomic E-state index is 11.6. The first-order valence-corrected chi connectivity index (χ1v) is 9.82. The lowest BCUT2D eigenvalue weighted by atomic mass is 10.1. The fraction of sp³-hybridized carbons (Fsp3) is 0.133. The van der Waals surface area contributed by atoms with Gasteiger partial charge in [0.1, 0.15) is 0 Å². The van der Waals surface area contributed by atoms with Crippen LogP contribution in [0.4, 0.5) is 5.13 Å². The third-order valence-corrected chi connectivity index (χ3v) is 5.71. The molecule has 0 aliphatic heterocycles. The molecule has 0 amide bonds. The summed E-state index contributed by atoms with van der Waals surface area (Å²) in [6, 6.07) is 7.78. The van der Waals surface area contributed by atoms with Crippen LogP contribution in [0.1, 0.15) is 5.56 Å². The second-order valence-electron chi connectivity index (χ2n) is 4.87. The van der Waals surface area contributed by atoms with E-state index in [1.54, 1.807) is 18.5 Å². The van der Waals surface area contributed by atoms with Crippen molar-refractivity contribution in [2.45, 2.75) is 12.1 Å². The van der Waals surface area contributed by atoms with Crippen LogP contribution < -0.4 is 5.73 Å². The molecule has 2 N–H and O–H groups in total. The number of nitrogen functional groups attached to an aromatic ring is 1. The molecule has 0 saturated heterocycles. The Bertz CT molecular complexity index is 910. The number of halogens is 1. The normalized spacial score (nSPS) is 12.3. The van der Waals surface area contributed by atoms with E-state index in [2.05, 4.69) is 30.9 Å². The van der Waals surface area contributed by atoms with Gasteiger partial charge in [0.2, 0.25) is 5.16 Å². The highest BCUT2D eigenvalue weighted by atomic mass is 79.9. The minimum atomic E-state index is -1.24. The molecule has 118 valence electrons. The monoisotopic (exact) mass is 408 g/mol. The molecule has 1 unspecified atom stereocenters. The van der Waals surface area contributed by atoms with Crippen LogP contribution in [0.2, 0.25) is 0 Å². The van der Waals surface area contributed by atoms with E-state index in [1.165, 1.54) is 11.3 Å². The summed E-state index contributed by atoms with van der Waals surface area (Å²) in [5.41, 5.74) is 9.44. The molecule has 3 aromatic rings. The van der Waals surface area contributed by atoms with Gasteiger partial charge in [0.15, 0.2) is 5.13 Å². The third kappa shape index (κ3) is 3.34. The van der Waals surface area contributed by atoms with E-state index >= 15 is 0 Å². The quantitative estimate of drug-likeness (QED) is 0.668. The lowest BCUT2D eigenvalue weighted by molar-refractivity contribution is 0.680. The number of aromatic nitrogens is 3. The zero-order valence-electron chi connectivity index (χ0n) is 12.4. The van der Waals surface area contributed by atoms with Crippen molar-refractivity contribution < 1.29 is 4.21 Å². The van der Waals surface area contributed by atoms with Crippen LogP contribution in [0.15, 0.2) is 40.1 Å². The summed E-state index contributed by atoms with van der Waals surface area (Å²) in [6.45, 7) is 2.02. The molecule has 0 radical (unpaired) electrons. The number of rotatable bonds is 3. The molecule has 5 nitrogen and oxygen atoms in total. The number of benzene rings is 1. The van der Waals surface area contributed by atoms with Gasteiger partial charge in [-0.3, -0.25) is 4.21 Å². The van der Waals surface area contributed by atoms with Crippen molar-refractivity contribution in [3.63, 3.8) is 0 Å². The minimum Gasteiger partial charge on any atom is -0.375 e. The maximum Gasteiger partial charge on any atom is 0.218 e. The van der Waals surface area contributed by atoms with E-state index < -0.39 is 10.8 Å². The van der Waals surface area contributed by atoms with Gasteiger partial charge < -0.3 is 5.73 Å². The maximum absolute atomic E-state index is 11.6. The minimum absolute atomic E-state index is 0.299. The first-order chi connectivity index (χ1) is 11.0. The lowest BCUT2D eigenvalue weighted by Gasteiger charge is -2.05. The van der Waals surface area contributed by atoms with Crippen molar-refractivity contribution >= 4 is 43.2 Å². The van der Waals surface area contributed by atoms with E-state index in [1.807, 2.05) is 25.1 Å². The Morgan fingerprint density at radius 2 is 2.04 bits per heavy atom. The van der Waals surface area contributed by atoms with Gasteiger partial charge in [-0.2, -0.15) is 0 Å². The van der Waals surface area contributed by atoms with Crippen molar-refractivity contribution in [2.24, 2.45) is 0 Å². The van der Waals surface area contributed by atoms with Gasteiger partial charge in [0.25, 0.3) is 0 Å². The topological polar surface area (TPSA) is 81.8 Å². The third-order valence-electron chi connectivity index (χ3n) is 3.20.